The quantitative estimate of drug-likeness (QED) is 0.667. The van der Waals surface area contributed by atoms with Crippen LogP contribution in [0.3, 0.4) is 0 Å². The number of nitrogens with one attached hydrogen (secondary N) is 2. The fourth-order valence-electron chi connectivity index (χ4n) is 2.50. The van der Waals surface area contributed by atoms with Gasteiger partial charge in [-0.3, -0.25) is 4.79 Å². The van der Waals surface area contributed by atoms with Crippen molar-refractivity contribution in [2.45, 2.75) is 12.8 Å². The number of nitrogens with zero attached hydrogens (tertiary/aromatic N) is 5. The lowest BCUT2D eigenvalue weighted by Crippen LogP contribution is -2.33. The van der Waals surface area contributed by atoms with Crippen molar-refractivity contribution in [1.82, 2.24) is 25.3 Å². The Balaban J connectivity index is 1.35. The highest BCUT2D eigenvalue weighted by Gasteiger charge is 2.13. The third kappa shape index (κ3) is 5.27. The van der Waals surface area contributed by atoms with E-state index in [1.807, 2.05) is 6.07 Å². The predicted molar refractivity (Wildman–Crippen MR) is 92.5 cm³/mol. The number of carbonyl (C=O) groups is 1. The number of aromatic nitrogens is 4. The lowest BCUT2D eigenvalue weighted by Gasteiger charge is -2.16. The highest BCUT2D eigenvalue weighted by molar-refractivity contribution is 5.77. The van der Waals surface area contributed by atoms with Gasteiger partial charge in [0.2, 0.25) is 0 Å². The lowest BCUT2D eigenvalue weighted by atomic mass is 10.4. The molecule has 0 radical (unpaired) electrons. The molecule has 0 spiro atoms. The molecule has 3 heterocycles. The first-order chi connectivity index (χ1) is 12.3. The van der Waals surface area contributed by atoms with E-state index >= 15 is 0 Å². The molecule has 0 aliphatic carbocycles. The predicted octanol–water partition coefficient (Wildman–Crippen LogP) is 0.474. The van der Waals surface area contributed by atoms with Gasteiger partial charge < -0.3 is 20.3 Å². The van der Waals surface area contributed by atoms with E-state index in [4.69, 9.17) is 4.74 Å². The number of carbonyl (C=O) groups excluding carboxylic acids is 1. The maximum Gasteiger partial charge on any atom is 0.316 e. The van der Waals surface area contributed by atoms with Crippen molar-refractivity contribution in [3.8, 4) is 6.01 Å². The van der Waals surface area contributed by atoms with Crippen molar-refractivity contribution < 1.29 is 9.53 Å². The van der Waals surface area contributed by atoms with Crippen molar-refractivity contribution in [3.05, 3.63) is 30.9 Å². The Morgan fingerprint density at radius 3 is 2.72 bits per heavy atom. The minimum Gasteiger partial charge on any atom is -0.453 e. The molecule has 1 amide bonds. The van der Waals surface area contributed by atoms with Crippen LogP contribution in [-0.4, -0.2) is 58.6 Å². The summed E-state index contributed by atoms with van der Waals surface area (Å²) in [6.45, 7) is 2.98. The van der Waals surface area contributed by atoms with E-state index in [2.05, 4.69) is 35.5 Å². The van der Waals surface area contributed by atoms with Gasteiger partial charge in [-0.1, -0.05) is 0 Å². The molecule has 25 heavy (non-hydrogen) atoms. The SMILES string of the molecule is O=C(COc1ncccn1)NCCNc1cc(N2CCCC2)ncn1. The fourth-order valence-corrected chi connectivity index (χ4v) is 2.50. The van der Waals surface area contributed by atoms with Crippen molar-refractivity contribution in [2.24, 2.45) is 0 Å². The molecule has 1 aliphatic rings. The molecular weight excluding hydrogens is 322 g/mol. The summed E-state index contributed by atoms with van der Waals surface area (Å²) in [7, 11) is 0. The maximum atomic E-state index is 11.7. The first-order valence-corrected chi connectivity index (χ1v) is 8.28. The Hall–Kier alpha value is -2.97. The van der Waals surface area contributed by atoms with Gasteiger partial charge in [0.25, 0.3) is 5.91 Å². The highest BCUT2D eigenvalue weighted by atomic mass is 16.5. The van der Waals surface area contributed by atoms with Crippen LogP contribution in [0.25, 0.3) is 0 Å². The van der Waals surface area contributed by atoms with E-state index in [1.54, 1.807) is 24.8 Å². The lowest BCUT2D eigenvalue weighted by molar-refractivity contribution is -0.123. The number of hydrogen-bond donors (Lipinski definition) is 2. The zero-order valence-corrected chi connectivity index (χ0v) is 13.9. The molecule has 0 saturated carbocycles. The molecule has 132 valence electrons. The molecule has 2 aromatic rings. The van der Waals surface area contributed by atoms with E-state index in [0.29, 0.717) is 13.1 Å². The molecule has 3 rings (SSSR count). The van der Waals surface area contributed by atoms with Gasteiger partial charge in [0, 0.05) is 44.6 Å². The Morgan fingerprint density at radius 2 is 1.92 bits per heavy atom. The molecule has 0 atom stereocenters. The van der Waals surface area contributed by atoms with Gasteiger partial charge in [-0.25, -0.2) is 19.9 Å². The van der Waals surface area contributed by atoms with E-state index in [1.165, 1.54) is 12.8 Å². The summed E-state index contributed by atoms with van der Waals surface area (Å²) in [5, 5.41) is 5.94. The fraction of sp³-hybridized carbons (Fsp3) is 0.438. The van der Waals surface area contributed by atoms with Crippen LogP contribution in [0, 0.1) is 0 Å². The standard InChI is InChI=1S/C16H21N7O2/c24-15(11-25-16-19-4-3-5-20-16)18-7-6-17-13-10-14(22-12-21-13)23-8-1-2-9-23/h3-5,10,12H,1-2,6-9,11H2,(H,18,24)(H,17,21,22). The maximum absolute atomic E-state index is 11.7. The average molecular weight is 343 g/mol. The minimum atomic E-state index is -0.227. The van der Waals surface area contributed by atoms with Gasteiger partial charge in [0.1, 0.15) is 18.0 Å². The normalized spacial score (nSPS) is 13.5. The van der Waals surface area contributed by atoms with Gasteiger partial charge in [0.15, 0.2) is 6.61 Å². The van der Waals surface area contributed by atoms with Crippen LogP contribution < -0.4 is 20.3 Å². The second-order valence-electron chi connectivity index (χ2n) is 5.55. The third-order valence-corrected chi connectivity index (χ3v) is 3.71. The summed E-state index contributed by atoms with van der Waals surface area (Å²) >= 11 is 0. The largest absolute Gasteiger partial charge is 0.453 e. The van der Waals surface area contributed by atoms with Crippen LogP contribution >= 0.6 is 0 Å². The highest BCUT2D eigenvalue weighted by Crippen LogP contribution is 2.18. The molecule has 1 aliphatic heterocycles. The number of rotatable bonds is 8. The number of amides is 1. The average Bonchev–Trinajstić information content (AvgIpc) is 3.19. The number of hydrogen-bond acceptors (Lipinski definition) is 8. The van der Waals surface area contributed by atoms with E-state index < -0.39 is 0 Å². The molecule has 2 N–H and O–H groups in total. The summed E-state index contributed by atoms with van der Waals surface area (Å²) in [5.41, 5.74) is 0. The first-order valence-electron chi connectivity index (χ1n) is 8.28. The van der Waals surface area contributed by atoms with Gasteiger partial charge >= 0.3 is 6.01 Å². The van der Waals surface area contributed by atoms with Gasteiger partial charge in [0.05, 0.1) is 0 Å². The Bertz CT molecular complexity index is 677. The molecular formula is C16H21N7O2. The van der Waals surface area contributed by atoms with E-state index in [0.717, 1.165) is 24.7 Å². The Labute approximate surface area is 145 Å². The van der Waals surface area contributed by atoms with Crippen molar-refractivity contribution >= 4 is 17.5 Å². The second-order valence-corrected chi connectivity index (χ2v) is 5.55. The molecule has 1 fully saturated rings. The minimum absolute atomic E-state index is 0.114. The smallest absolute Gasteiger partial charge is 0.316 e. The van der Waals surface area contributed by atoms with Crippen molar-refractivity contribution in [1.29, 1.82) is 0 Å². The van der Waals surface area contributed by atoms with Gasteiger partial charge in [-0.2, -0.15) is 0 Å². The van der Waals surface area contributed by atoms with Crippen LogP contribution in [-0.2, 0) is 4.79 Å². The molecule has 0 aromatic carbocycles. The first kappa shape index (κ1) is 16.9. The number of ether oxygens (including phenoxy) is 1. The van der Waals surface area contributed by atoms with Gasteiger partial charge in [-0.15, -0.1) is 0 Å². The van der Waals surface area contributed by atoms with Crippen LogP contribution in [0.4, 0.5) is 11.6 Å². The molecule has 1 saturated heterocycles. The topological polar surface area (TPSA) is 105 Å². The monoisotopic (exact) mass is 343 g/mol. The molecule has 2 aromatic heterocycles. The molecule has 0 bridgehead atoms. The summed E-state index contributed by atoms with van der Waals surface area (Å²) in [6, 6.07) is 3.80. The molecule has 9 heteroatoms. The molecule has 9 nitrogen and oxygen atoms in total. The van der Waals surface area contributed by atoms with Crippen molar-refractivity contribution in [3.63, 3.8) is 0 Å². The van der Waals surface area contributed by atoms with E-state index in [-0.39, 0.29) is 18.5 Å². The third-order valence-electron chi connectivity index (χ3n) is 3.71. The Kier molecular flexibility index (Phi) is 5.91. The van der Waals surface area contributed by atoms with Crippen LogP contribution in [0.1, 0.15) is 12.8 Å². The zero-order valence-electron chi connectivity index (χ0n) is 13.9. The number of anilines is 2. The second kappa shape index (κ2) is 8.76. The summed E-state index contributed by atoms with van der Waals surface area (Å²) in [6.07, 6.45) is 7.08. The summed E-state index contributed by atoms with van der Waals surface area (Å²) in [5.74, 6) is 1.46. The molecule has 0 unspecified atom stereocenters. The summed E-state index contributed by atoms with van der Waals surface area (Å²) < 4.78 is 5.18. The van der Waals surface area contributed by atoms with Gasteiger partial charge in [-0.05, 0) is 18.9 Å². The van der Waals surface area contributed by atoms with E-state index in [9.17, 15) is 4.79 Å². The van der Waals surface area contributed by atoms with Crippen LogP contribution in [0.15, 0.2) is 30.9 Å². The Morgan fingerprint density at radius 1 is 1.12 bits per heavy atom. The zero-order chi connectivity index (χ0) is 17.3. The summed E-state index contributed by atoms with van der Waals surface area (Å²) in [4.78, 5) is 30.2. The van der Waals surface area contributed by atoms with Crippen LogP contribution in [0.5, 0.6) is 6.01 Å². The van der Waals surface area contributed by atoms with Crippen molar-refractivity contribution in [2.75, 3.05) is 43.0 Å². The van der Waals surface area contributed by atoms with Crippen LogP contribution in [0.2, 0.25) is 0 Å².